The summed E-state index contributed by atoms with van der Waals surface area (Å²) in [5.74, 6) is 1.81. The molecule has 5 heteroatoms. The lowest BCUT2D eigenvalue weighted by Gasteiger charge is -2.11. The van der Waals surface area contributed by atoms with Crippen LogP contribution < -0.4 is 0 Å². The topological polar surface area (TPSA) is 40.6 Å². The Hall–Kier alpha value is -5.94. The molecule has 0 unspecified atom stereocenters. The molecule has 43 heavy (non-hydrogen) atoms. The third kappa shape index (κ3) is 3.45. The van der Waals surface area contributed by atoms with Crippen molar-refractivity contribution in [3.8, 4) is 28.6 Å². The van der Waals surface area contributed by atoms with E-state index in [9.17, 15) is 0 Å². The molecule has 4 heterocycles. The molecule has 0 saturated carbocycles. The first kappa shape index (κ1) is 23.7. The second-order valence-electron chi connectivity index (χ2n) is 10.7. The van der Waals surface area contributed by atoms with Gasteiger partial charge < -0.3 is 0 Å². The van der Waals surface area contributed by atoms with Gasteiger partial charge in [-0.15, -0.1) is 0 Å². The first-order valence-electron chi connectivity index (χ1n) is 14.5. The Morgan fingerprint density at radius 1 is 0.442 bits per heavy atom. The third-order valence-corrected chi connectivity index (χ3v) is 8.30. The predicted octanol–water partition coefficient (Wildman–Crippen LogP) is 9.13. The van der Waals surface area contributed by atoms with Gasteiger partial charge in [0, 0.05) is 39.3 Å². The van der Waals surface area contributed by atoms with Crippen molar-refractivity contribution in [3.63, 3.8) is 0 Å². The summed E-state index contributed by atoms with van der Waals surface area (Å²) in [5.41, 5.74) is 8.59. The van der Waals surface area contributed by atoms with E-state index >= 15 is 0 Å². The molecule has 5 aromatic carbocycles. The fourth-order valence-electron chi connectivity index (χ4n) is 6.55. The van der Waals surface area contributed by atoms with Crippen molar-refractivity contribution < 1.29 is 0 Å². The van der Waals surface area contributed by atoms with Gasteiger partial charge in [-0.3, -0.25) is 13.7 Å². The lowest BCUT2D eigenvalue weighted by Crippen LogP contribution is -1.98. The Kier molecular flexibility index (Phi) is 5.13. The number of imidazole rings is 1. The van der Waals surface area contributed by atoms with Gasteiger partial charge in [0.25, 0.3) is 0 Å². The Morgan fingerprint density at radius 3 is 1.81 bits per heavy atom. The highest BCUT2D eigenvalue weighted by Gasteiger charge is 2.26. The number of aromatic nitrogens is 5. The second-order valence-corrected chi connectivity index (χ2v) is 10.7. The maximum absolute atomic E-state index is 5.43. The fourth-order valence-corrected chi connectivity index (χ4v) is 6.55. The molecule has 9 rings (SSSR count). The molecule has 0 aliphatic rings. The standard InChI is InChI=1S/C38H25N5/c1-4-14-26(15-5-1)37-40-38-36(42(37)28-18-8-3-9-19-28)30-23-24-32-34(35(30)41(38)27-16-6-2-7-17-27)29-20-10-11-21-31(29)43(32)33-22-12-13-25-39-33/h1-25H. The van der Waals surface area contributed by atoms with Crippen LogP contribution in [-0.4, -0.2) is 23.7 Å². The van der Waals surface area contributed by atoms with Crippen LogP contribution in [0.4, 0.5) is 0 Å². The summed E-state index contributed by atoms with van der Waals surface area (Å²) in [6.07, 6.45) is 1.85. The Bertz CT molecular complexity index is 2420. The minimum Gasteiger partial charge on any atom is -0.294 e. The summed E-state index contributed by atoms with van der Waals surface area (Å²) in [5, 5.41) is 3.51. The van der Waals surface area contributed by atoms with Gasteiger partial charge in [-0.1, -0.05) is 91.0 Å². The zero-order chi connectivity index (χ0) is 28.3. The number of rotatable bonds is 4. The monoisotopic (exact) mass is 551 g/mol. The van der Waals surface area contributed by atoms with Gasteiger partial charge in [0.2, 0.25) is 0 Å². The van der Waals surface area contributed by atoms with E-state index in [1.54, 1.807) is 0 Å². The average Bonchev–Trinajstić information content (AvgIpc) is 3.73. The van der Waals surface area contributed by atoms with Crippen LogP contribution in [0.5, 0.6) is 0 Å². The minimum absolute atomic E-state index is 0.897. The van der Waals surface area contributed by atoms with Crippen molar-refractivity contribution >= 4 is 43.9 Å². The van der Waals surface area contributed by atoms with Gasteiger partial charge in [-0.2, -0.15) is 0 Å². The summed E-state index contributed by atoms with van der Waals surface area (Å²) in [4.78, 5) is 10.2. The van der Waals surface area contributed by atoms with Crippen LogP contribution in [-0.2, 0) is 0 Å². The fraction of sp³-hybridized carbons (Fsp3) is 0. The quantitative estimate of drug-likeness (QED) is 0.219. The number of hydrogen-bond acceptors (Lipinski definition) is 2. The van der Waals surface area contributed by atoms with E-state index in [1.807, 2.05) is 24.4 Å². The van der Waals surface area contributed by atoms with Crippen LogP contribution in [0.2, 0.25) is 0 Å². The van der Waals surface area contributed by atoms with E-state index < -0.39 is 0 Å². The van der Waals surface area contributed by atoms with E-state index in [2.05, 4.69) is 141 Å². The summed E-state index contributed by atoms with van der Waals surface area (Å²) in [6.45, 7) is 0. The number of fused-ring (bicyclic) bond motifs is 7. The highest BCUT2D eigenvalue weighted by Crippen LogP contribution is 2.43. The molecule has 5 nitrogen and oxygen atoms in total. The number of pyridine rings is 1. The Labute approximate surface area is 247 Å². The van der Waals surface area contributed by atoms with Crippen molar-refractivity contribution in [1.82, 2.24) is 23.7 Å². The van der Waals surface area contributed by atoms with Crippen LogP contribution >= 0.6 is 0 Å². The van der Waals surface area contributed by atoms with Crippen LogP contribution in [0.15, 0.2) is 152 Å². The first-order chi connectivity index (χ1) is 21.4. The molecule has 0 aliphatic heterocycles. The van der Waals surface area contributed by atoms with Crippen molar-refractivity contribution in [2.45, 2.75) is 0 Å². The Morgan fingerprint density at radius 2 is 1.09 bits per heavy atom. The molecule has 0 spiro atoms. The number of hydrogen-bond donors (Lipinski definition) is 0. The van der Waals surface area contributed by atoms with Crippen molar-refractivity contribution in [2.24, 2.45) is 0 Å². The largest absolute Gasteiger partial charge is 0.294 e. The van der Waals surface area contributed by atoms with Crippen LogP contribution in [0.3, 0.4) is 0 Å². The molecule has 0 aliphatic carbocycles. The average molecular weight is 552 g/mol. The number of para-hydroxylation sites is 3. The SMILES string of the molecule is c1ccc(-c2nc3c(c4ccc5c(c6ccccc6n5-c5ccccn5)c4n3-c3ccccc3)n2-c2ccccc2)cc1. The van der Waals surface area contributed by atoms with Crippen LogP contribution in [0.1, 0.15) is 0 Å². The zero-order valence-electron chi connectivity index (χ0n) is 23.2. The molecule has 0 amide bonds. The predicted molar refractivity (Wildman–Crippen MR) is 175 cm³/mol. The van der Waals surface area contributed by atoms with E-state index in [4.69, 9.17) is 9.97 Å². The summed E-state index contributed by atoms with van der Waals surface area (Å²) in [6, 6.07) is 50.8. The summed E-state index contributed by atoms with van der Waals surface area (Å²) in [7, 11) is 0. The van der Waals surface area contributed by atoms with Crippen molar-refractivity contribution in [3.05, 3.63) is 152 Å². The summed E-state index contributed by atoms with van der Waals surface area (Å²) >= 11 is 0. The highest BCUT2D eigenvalue weighted by atomic mass is 15.2. The molecule has 0 radical (unpaired) electrons. The van der Waals surface area contributed by atoms with E-state index in [0.29, 0.717) is 0 Å². The third-order valence-electron chi connectivity index (χ3n) is 8.30. The van der Waals surface area contributed by atoms with E-state index in [1.165, 1.54) is 10.8 Å². The molecule has 202 valence electrons. The molecule has 4 aromatic heterocycles. The highest BCUT2D eigenvalue weighted by molar-refractivity contribution is 6.25. The van der Waals surface area contributed by atoms with Crippen LogP contribution in [0.25, 0.3) is 72.5 Å². The zero-order valence-corrected chi connectivity index (χ0v) is 23.2. The number of benzene rings is 5. The molecule has 0 saturated heterocycles. The van der Waals surface area contributed by atoms with Crippen molar-refractivity contribution in [2.75, 3.05) is 0 Å². The molecule has 9 aromatic rings. The van der Waals surface area contributed by atoms with Gasteiger partial charge in [-0.25, -0.2) is 9.97 Å². The van der Waals surface area contributed by atoms with Gasteiger partial charge >= 0.3 is 0 Å². The molecule has 0 bridgehead atoms. The van der Waals surface area contributed by atoms with E-state index in [0.717, 1.165) is 61.7 Å². The van der Waals surface area contributed by atoms with E-state index in [-0.39, 0.29) is 0 Å². The van der Waals surface area contributed by atoms with Crippen molar-refractivity contribution in [1.29, 1.82) is 0 Å². The normalized spacial score (nSPS) is 11.7. The molecule has 0 N–H and O–H groups in total. The second kappa shape index (κ2) is 9.29. The molecular formula is C38H25N5. The van der Waals surface area contributed by atoms with Crippen LogP contribution in [0, 0.1) is 0 Å². The van der Waals surface area contributed by atoms with Gasteiger partial charge in [-0.05, 0) is 54.6 Å². The molecular weight excluding hydrogens is 526 g/mol. The first-order valence-corrected chi connectivity index (χ1v) is 14.5. The maximum atomic E-state index is 5.43. The lowest BCUT2D eigenvalue weighted by molar-refractivity contribution is 1.08. The lowest BCUT2D eigenvalue weighted by atomic mass is 10.1. The summed E-state index contributed by atoms with van der Waals surface area (Å²) < 4.78 is 6.93. The maximum Gasteiger partial charge on any atom is 0.165 e. The Balaban J connectivity index is 1.53. The van der Waals surface area contributed by atoms with Gasteiger partial charge in [0.15, 0.2) is 5.65 Å². The number of nitrogens with zero attached hydrogens (tertiary/aromatic N) is 5. The molecule has 0 fully saturated rings. The minimum atomic E-state index is 0.897. The molecule has 0 atom stereocenters. The smallest absolute Gasteiger partial charge is 0.165 e. The van der Waals surface area contributed by atoms with Gasteiger partial charge in [0.1, 0.15) is 17.2 Å². The van der Waals surface area contributed by atoms with Gasteiger partial charge in [0.05, 0.1) is 16.6 Å².